The van der Waals surface area contributed by atoms with E-state index >= 15 is 0 Å². The third kappa shape index (κ3) is 2.90. The summed E-state index contributed by atoms with van der Waals surface area (Å²) < 4.78 is 0. The Bertz CT molecular complexity index is 693. The van der Waals surface area contributed by atoms with Crippen LogP contribution in [0.15, 0.2) is 28.5 Å². The highest BCUT2D eigenvalue weighted by Gasteiger charge is 2.30. The molecule has 110 valence electrons. The predicted molar refractivity (Wildman–Crippen MR) is 81.5 cm³/mol. The van der Waals surface area contributed by atoms with Gasteiger partial charge < -0.3 is 9.88 Å². The summed E-state index contributed by atoms with van der Waals surface area (Å²) in [5.41, 5.74) is 0.925. The number of aryl methyl sites for hydroxylation is 1. The number of pyridine rings is 1. The number of hydrogen-bond acceptors (Lipinski definition) is 4. The lowest BCUT2D eigenvalue weighted by molar-refractivity contribution is 0.0604. The van der Waals surface area contributed by atoms with Crippen LogP contribution in [0.3, 0.4) is 0 Å². The average Bonchev–Trinajstić information content (AvgIpc) is 2.99. The summed E-state index contributed by atoms with van der Waals surface area (Å²) in [7, 11) is 0. The van der Waals surface area contributed by atoms with E-state index in [1.165, 1.54) is 6.07 Å². The topological polar surface area (TPSA) is 66.1 Å². The lowest BCUT2D eigenvalue weighted by atomic mass is 10.0. The molecule has 2 aromatic heterocycles. The SMILES string of the molecule is Cc1cc(C(=O)N2CCCCC2c2nccs2)[nH]c(=O)c1. The Kier molecular flexibility index (Phi) is 3.88. The van der Waals surface area contributed by atoms with Crippen LogP contribution in [0.2, 0.25) is 0 Å². The van der Waals surface area contributed by atoms with Crippen LogP contribution in [0.25, 0.3) is 0 Å². The molecule has 1 aliphatic rings. The number of carbonyl (C=O) groups is 1. The number of piperidine rings is 1. The summed E-state index contributed by atoms with van der Waals surface area (Å²) in [5, 5.41) is 2.90. The summed E-state index contributed by atoms with van der Waals surface area (Å²) in [6.45, 7) is 2.53. The molecule has 0 bridgehead atoms. The van der Waals surface area contributed by atoms with E-state index in [1.54, 1.807) is 23.6 Å². The van der Waals surface area contributed by atoms with Crippen LogP contribution in [0.4, 0.5) is 0 Å². The van der Waals surface area contributed by atoms with E-state index < -0.39 is 0 Å². The zero-order valence-electron chi connectivity index (χ0n) is 11.8. The zero-order chi connectivity index (χ0) is 14.8. The van der Waals surface area contributed by atoms with Crippen LogP contribution in [0.5, 0.6) is 0 Å². The number of likely N-dealkylation sites (tertiary alicyclic amines) is 1. The molecular weight excluding hydrogens is 286 g/mol. The highest BCUT2D eigenvalue weighted by atomic mass is 32.1. The number of nitrogens with zero attached hydrogens (tertiary/aromatic N) is 2. The smallest absolute Gasteiger partial charge is 0.270 e. The number of carbonyl (C=O) groups excluding carboxylic acids is 1. The van der Waals surface area contributed by atoms with Gasteiger partial charge in [0.25, 0.3) is 5.91 Å². The van der Waals surface area contributed by atoms with Gasteiger partial charge in [-0.3, -0.25) is 9.59 Å². The van der Waals surface area contributed by atoms with E-state index in [1.807, 2.05) is 17.2 Å². The Labute approximate surface area is 126 Å². The van der Waals surface area contributed by atoms with Crippen LogP contribution in [0.1, 0.15) is 46.4 Å². The molecule has 0 radical (unpaired) electrons. The zero-order valence-corrected chi connectivity index (χ0v) is 12.7. The Morgan fingerprint density at radius 1 is 1.43 bits per heavy atom. The molecule has 1 aliphatic heterocycles. The first-order valence-electron chi connectivity index (χ1n) is 7.06. The van der Waals surface area contributed by atoms with Gasteiger partial charge in [-0.1, -0.05) is 0 Å². The molecular formula is C15H17N3O2S. The van der Waals surface area contributed by atoms with Gasteiger partial charge in [0.15, 0.2) is 0 Å². The Balaban J connectivity index is 1.92. The molecule has 5 nitrogen and oxygen atoms in total. The summed E-state index contributed by atoms with van der Waals surface area (Å²) in [6, 6.07) is 3.25. The first-order valence-corrected chi connectivity index (χ1v) is 7.94. The number of aromatic nitrogens is 2. The number of thiazole rings is 1. The van der Waals surface area contributed by atoms with E-state index in [4.69, 9.17) is 0 Å². The molecule has 6 heteroatoms. The maximum Gasteiger partial charge on any atom is 0.270 e. The summed E-state index contributed by atoms with van der Waals surface area (Å²) in [6.07, 6.45) is 4.78. The van der Waals surface area contributed by atoms with Crippen molar-refractivity contribution in [3.63, 3.8) is 0 Å². The van der Waals surface area contributed by atoms with Gasteiger partial charge in [0.2, 0.25) is 5.56 Å². The van der Waals surface area contributed by atoms with Crippen molar-refractivity contribution in [1.82, 2.24) is 14.9 Å². The minimum Gasteiger partial charge on any atom is -0.328 e. The van der Waals surface area contributed by atoms with Crippen molar-refractivity contribution in [1.29, 1.82) is 0 Å². The molecule has 3 heterocycles. The number of amides is 1. The van der Waals surface area contributed by atoms with Gasteiger partial charge in [0.05, 0.1) is 6.04 Å². The van der Waals surface area contributed by atoms with Gasteiger partial charge in [0, 0.05) is 24.2 Å². The molecule has 1 fully saturated rings. The molecule has 0 spiro atoms. The molecule has 1 saturated heterocycles. The highest BCUT2D eigenvalue weighted by molar-refractivity contribution is 7.09. The fourth-order valence-electron chi connectivity index (χ4n) is 2.78. The maximum absolute atomic E-state index is 12.7. The molecule has 21 heavy (non-hydrogen) atoms. The van der Waals surface area contributed by atoms with E-state index in [0.717, 1.165) is 29.8 Å². The monoisotopic (exact) mass is 303 g/mol. The van der Waals surface area contributed by atoms with Crippen LogP contribution in [-0.2, 0) is 0 Å². The number of H-pyrrole nitrogens is 1. The molecule has 1 amide bonds. The van der Waals surface area contributed by atoms with Crippen molar-refractivity contribution in [2.45, 2.75) is 32.2 Å². The summed E-state index contributed by atoms with van der Waals surface area (Å²) >= 11 is 1.58. The lowest BCUT2D eigenvalue weighted by Crippen LogP contribution is -2.39. The summed E-state index contributed by atoms with van der Waals surface area (Å²) in [5.74, 6) is -0.115. The second kappa shape index (κ2) is 5.81. The Morgan fingerprint density at radius 3 is 3.00 bits per heavy atom. The molecule has 0 aliphatic carbocycles. The van der Waals surface area contributed by atoms with Crippen molar-refractivity contribution in [3.8, 4) is 0 Å². The van der Waals surface area contributed by atoms with Crippen molar-refractivity contribution in [2.75, 3.05) is 6.54 Å². The van der Waals surface area contributed by atoms with Crippen LogP contribution >= 0.6 is 11.3 Å². The first-order chi connectivity index (χ1) is 10.1. The third-order valence-electron chi connectivity index (χ3n) is 3.72. The minimum absolute atomic E-state index is 0.0234. The largest absolute Gasteiger partial charge is 0.328 e. The lowest BCUT2D eigenvalue weighted by Gasteiger charge is -2.34. The second-order valence-electron chi connectivity index (χ2n) is 5.32. The molecule has 3 rings (SSSR count). The fraction of sp³-hybridized carbons (Fsp3) is 0.400. The van der Waals surface area contributed by atoms with Crippen molar-refractivity contribution in [3.05, 3.63) is 50.3 Å². The molecule has 0 aromatic carbocycles. The quantitative estimate of drug-likeness (QED) is 0.927. The summed E-state index contributed by atoms with van der Waals surface area (Å²) in [4.78, 5) is 33.2. The molecule has 1 unspecified atom stereocenters. The predicted octanol–water partition coefficient (Wildman–Crippen LogP) is 2.51. The standard InChI is InChI=1S/C15H17N3O2S/c1-10-8-11(17-13(19)9-10)15(20)18-6-3-2-4-12(18)14-16-5-7-21-14/h5,7-9,12H,2-4,6H2,1H3,(H,17,19). The number of rotatable bonds is 2. The van der Waals surface area contributed by atoms with Gasteiger partial charge in [0.1, 0.15) is 10.7 Å². The van der Waals surface area contributed by atoms with Crippen molar-refractivity contribution in [2.24, 2.45) is 0 Å². The molecule has 1 N–H and O–H groups in total. The number of hydrogen-bond donors (Lipinski definition) is 1. The van der Waals surface area contributed by atoms with E-state index in [2.05, 4.69) is 9.97 Å². The van der Waals surface area contributed by atoms with Gasteiger partial charge in [-0.2, -0.15) is 0 Å². The maximum atomic E-state index is 12.7. The van der Waals surface area contributed by atoms with Gasteiger partial charge in [-0.25, -0.2) is 4.98 Å². The van der Waals surface area contributed by atoms with E-state index in [0.29, 0.717) is 12.2 Å². The van der Waals surface area contributed by atoms with Crippen molar-refractivity contribution < 1.29 is 4.79 Å². The first kappa shape index (κ1) is 14.0. The number of nitrogens with one attached hydrogen (secondary N) is 1. The minimum atomic E-state index is -0.235. The average molecular weight is 303 g/mol. The molecule has 0 saturated carbocycles. The molecule has 1 atom stereocenters. The normalized spacial score (nSPS) is 18.7. The van der Waals surface area contributed by atoms with Crippen LogP contribution < -0.4 is 5.56 Å². The van der Waals surface area contributed by atoms with Crippen molar-refractivity contribution >= 4 is 17.2 Å². The number of aromatic amines is 1. The van der Waals surface area contributed by atoms with Gasteiger partial charge in [-0.05, 0) is 37.8 Å². The Morgan fingerprint density at radius 2 is 2.29 bits per heavy atom. The third-order valence-corrected chi connectivity index (χ3v) is 4.60. The second-order valence-corrected chi connectivity index (χ2v) is 6.24. The fourth-order valence-corrected chi connectivity index (χ4v) is 3.57. The highest BCUT2D eigenvalue weighted by Crippen LogP contribution is 2.32. The van der Waals surface area contributed by atoms with E-state index in [9.17, 15) is 9.59 Å². The Hall–Kier alpha value is -1.95. The van der Waals surface area contributed by atoms with Gasteiger partial charge in [-0.15, -0.1) is 11.3 Å². The molecule has 2 aromatic rings. The van der Waals surface area contributed by atoms with E-state index in [-0.39, 0.29) is 17.5 Å². The van der Waals surface area contributed by atoms with Crippen LogP contribution in [0, 0.1) is 6.92 Å². The van der Waals surface area contributed by atoms with Crippen LogP contribution in [-0.4, -0.2) is 27.3 Å². The van der Waals surface area contributed by atoms with Gasteiger partial charge >= 0.3 is 0 Å².